The predicted molar refractivity (Wildman–Crippen MR) is 118 cm³/mol. The summed E-state index contributed by atoms with van der Waals surface area (Å²) in [7, 11) is 2.00. The Hall–Kier alpha value is -1.59. The van der Waals surface area contributed by atoms with Crippen molar-refractivity contribution in [3.05, 3.63) is 0 Å². The minimum atomic E-state index is -1.15. The zero-order valence-corrected chi connectivity index (χ0v) is 20.1. The van der Waals surface area contributed by atoms with Crippen molar-refractivity contribution in [2.24, 2.45) is 28.6 Å². The summed E-state index contributed by atoms with van der Waals surface area (Å²) < 4.78 is 5.27. The number of esters is 1. The number of fused-ring (bicyclic) bond motifs is 5. The molecular weight excluding hydrogens is 392 g/mol. The SMILES string of the molecule is CC(=O)OC(C)(C)C(=O)NC1CC[C@H]2[C@@H]3CC[C@H]4N(C)C(=O)CC[C@]4(C)[C@H]3CC[C@]12C. The van der Waals surface area contributed by atoms with Gasteiger partial charge in [-0.25, -0.2) is 0 Å². The average Bonchev–Trinajstić information content (AvgIpc) is 3.00. The molecule has 0 aromatic rings. The lowest BCUT2D eigenvalue weighted by Crippen LogP contribution is -2.62. The van der Waals surface area contributed by atoms with E-state index in [1.165, 1.54) is 19.8 Å². The quantitative estimate of drug-likeness (QED) is 0.691. The lowest BCUT2D eigenvalue weighted by molar-refractivity contribution is -0.164. The number of amides is 2. The third kappa shape index (κ3) is 3.48. The van der Waals surface area contributed by atoms with Crippen LogP contribution in [0, 0.1) is 28.6 Å². The zero-order valence-electron chi connectivity index (χ0n) is 20.1. The highest BCUT2D eigenvalue weighted by Crippen LogP contribution is 2.64. The molecule has 1 N–H and O–H groups in total. The van der Waals surface area contributed by atoms with Crippen molar-refractivity contribution in [1.82, 2.24) is 10.2 Å². The van der Waals surface area contributed by atoms with Gasteiger partial charge in [0.15, 0.2) is 5.60 Å². The second-order valence-corrected chi connectivity index (χ2v) is 11.7. The fraction of sp³-hybridized carbons (Fsp3) is 0.880. The molecule has 0 radical (unpaired) electrons. The van der Waals surface area contributed by atoms with Gasteiger partial charge in [-0.3, -0.25) is 14.4 Å². The average molecular weight is 433 g/mol. The fourth-order valence-electron chi connectivity index (χ4n) is 8.13. The summed E-state index contributed by atoms with van der Waals surface area (Å²) in [5.74, 6) is 1.61. The van der Waals surface area contributed by atoms with Crippen LogP contribution in [-0.4, -0.2) is 47.4 Å². The van der Waals surface area contributed by atoms with Gasteiger partial charge in [0.1, 0.15) is 0 Å². The van der Waals surface area contributed by atoms with E-state index in [9.17, 15) is 14.4 Å². The third-order valence-corrected chi connectivity index (χ3v) is 9.81. The maximum absolute atomic E-state index is 12.9. The highest BCUT2D eigenvalue weighted by atomic mass is 16.6. The third-order valence-electron chi connectivity index (χ3n) is 9.81. The van der Waals surface area contributed by atoms with Crippen LogP contribution < -0.4 is 5.32 Å². The fourth-order valence-corrected chi connectivity index (χ4v) is 8.13. The van der Waals surface area contributed by atoms with Gasteiger partial charge >= 0.3 is 5.97 Å². The van der Waals surface area contributed by atoms with Crippen molar-refractivity contribution in [1.29, 1.82) is 0 Å². The van der Waals surface area contributed by atoms with Crippen LogP contribution >= 0.6 is 0 Å². The van der Waals surface area contributed by atoms with Gasteiger partial charge < -0.3 is 15.0 Å². The second kappa shape index (κ2) is 7.48. The van der Waals surface area contributed by atoms with E-state index in [1.54, 1.807) is 13.8 Å². The Kier molecular flexibility index (Phi) is 5.45. The number of carbonyl (C=O) groups is 3. The van der Waals surface area contributed by atoms with Crippen LogP contribution in [0.2, 0.25) is 0 Å². The molecule has 3 saturated carbocycles. The van der Waals surface area contributed by atoms with E-state index in [2.05, 4.69) is 19.2 Å². The van der Waals surface area contributed by atoms with E-state index in [4.69, 9.17) is 4.74 Å². The molecule has 0 spiro atoms. The lowest BCUT2D eigenvalue weighted by Gasteiger charge is -2.61. The standard InChI is InChI=1S/C25H40N2O4/c1-15(28)31-23(2,3)22(30)26-19-9-8-17-16-7-10-20-25(5,14-12-21(29)27(20)6)18(16)11-13-24(17,19)4/h16-20H,7-14H2,1-6H3,(H,26,30)/t16-,17-,18-,19?,20+,24-,25+/m0/s1. The first kappa shape index (κ1) is 22.6. The van der Waals surface area contributed by atoms with Crippen LogP contribution in [0.5, 0.6) is 0 Å². The van der Waals surface area contributed by atoms with E-state index in [-0.39, 0.29) is 22.8 Å². The first-order chi connectivity index (χ1) is 14.4. The largest absolute Gasteiger partial charge is 0.450 e. The molecule has 31 heavy (non-hydrogen) atoms. The number of likely N-dealkylation sites (tertiary alicyclic amines) is 1. The number of hydrogen-bond acceptors (Lipinski definition) is 4. The van der Waals surface area contributed by atoms with Crippen LogP contribution in [0.4, 0.5) is 0 Å². The van der Waals surface area contributed by atoms with Gasteiger partial charge in [0.2, 0.25) is 5.91 Å². The summed E-state index contributed by atoms with van der Waals surface area (Å²) in [6, 6.07) is 0.503. The number of nitrogens with zero attached hydrogens (tertiary/aromatic N) is 1. The van der Waals surface area contributed by atoms with Gasteiger partial charge in [0.05, 0.1) is 0 Å². The van der Waals surface area contributed by atoms with Crippen molar-refractivity contribution in [3.63, 3.8) is 0 Å². The summed E-state index contributed by atoms with van der Waals surface area (Å²) in [4.78, 5) is 38.7. The molecule has 6 heteroatoms. The number of carbonyl (C=O) groups excluding carboxylic acids is 3. The molecule has 2 amide bonds. The molecule has 4 fully saturated rings. The summed E-state index contributed by atoms with van der Waals surface area (Å²) in [6.45, 7) is 9.48. The van der Waals surface area contributed by atoms with E-state index in [0.717, 1.165) is 32.1 Å². The Labute approximate surface area is 186 Å². The molecule has 4 aliphatic rings. The topological polar surface area (TPSA) is 75.7 Å². The molecule has 3 aliphatic carbocycles. The lowest BCUT2D eigenvalue weighted by atomic mass is 9.47. The Bertz CT molecular complexity index is 779. The summed E-state index contributed by atoms with van der Waals surface area (Å²) in [5.41, 5.74) is -0.851. The van der Waals surface area contributed by atoms with Crippen molar-refractivity contribution >= 4 is 17.8 Å². The summed E-state index contributed by atoms with van der Waals surface area (Å²) >= 11 is 0. The summed E-state index contributed by atoms with van der Waals surface area (Å²) in [6.07, 6.45) is 8.40. The van der Waals surface area contributed by atoms with E-state index in [1.807, 2.05) is 11.9 Å². The highest BCUT2D eigenvalue weighted by molar-refractivity contribution is 5.87. The monoisotopic (exact) mass is 432 g/mol. The molecule has 1 aliphatic heterocycles. The first-order valence-electron chi connectivity index (χ1n) is 12.2. The van der Waals surface area contributed by atoms with Crippen molar-refractivity contribution < 1.29 is 19.1 Å². The highest BCUT2D eigenvalue weighted by Gasteiger charge is 2.61. The van der Waals surface area contributed by atoms with E-state index in [0.29, 0.717) is 36.1 Å². The molecular formula is C25H40N2O4. The molecule has 0 bridgehead atoms. The van der Waals surface area contributed by atoms with Crippen LogP contribution in [0.1, 0.15) is 86.0 Å². The van der Waals surface area contributed by atoms with Crippen LogP contribution in [-0.2, 0) is 19.1 Å². The molecule has 6 nitrogen and oxygen atoms in total. The second-order valence-electron chi connectivity index (χ2n) is 11.7. The van der Waals surface area contributed by atoms with E-state index >= 15 is 0 Å². The molecule has 174 valence electrons. The molecule has 7 atom stereocenters. The zero-order chi connectivity index (χ0) is 22.8. The Balaban J connectivity index is 1.51. The predicted octanol–water partition coefficient (Wildman–Crippen LogP) is 3.68. The van der Waals surface area contributed by atoms with Gasteiger partial charge in [0, 0.05) is 32.5 Å². The van der Waals surface area contributed by atoms with Crippen molar-refractivity contribution in [3.8, 4) is 0 Å². The van der Waals surface area contributed by atoms with Gasteiger partial charge in [-0.05, 0) is 87.4 Å². The van der Waals surface area contributed by atoms with Gasteiger partial charge in [-0.15, -0.1) is 0 Å². The molecule has 0 aromatic carbocycles. The van der Waals surface area contributed by atoms with Gasteiger partial charge in [-0.2, -0.15) is 0 Å². The molecule has 1 unspecified atom stereocenters. The summed E-state index contributed by atoms with van der Waals surface area (Å²) in [5, 5.41) is 3.27. The number of ether oxygens (including phenoxy) is 1. The van der Waals surface area contributed by atoms with Crippen LogP contribution in [0.25, 0.3) is 0 Å². The van der Waals surface area contributed by atoms with Gasteiger partial charge in [0.25, 0.3) is 5.91 Å². The normalized spacial score (nSPS) is 42.3. The number of piperidine rings is 1. The number of hydrogen-bond donors (Lipinski definition) is 1. The Morgan fingerprint density at radius 1 is 1.03 bits per heavy atom. The minimum Gasteiger partial charge on any atom is -0.450 e. The van der Waals surface area contributed by atoms with Gasteiger partial charge in [-0.1, -0.05) is 13.8 Å². The number of rotatable bonds is 3. The smallest absolute Gasteiger partial charge is 0.303 e. The maximum Gasteiger partial charge on any atom is 0.303 e. The van der Waals surface area contributed by atoms with Crippen LogP contribution in [0.3, 0.4) is 0 Å². The molecule has 1 saturated heterocycles. The number of nitrogens with one attached hydrogen (secondary N) is 1. The Morgan fingerprint density at radius 3 is 2.39 bits per heavy atom. The molecule has 4 rings (SSSR count). The molecule has 0 aromatic heterocycles. The van der Waals surface area contributed by atoms with Crippen LogP contribution in [0.15, 0.2) is 0 Å². The van der Waals surface area contributed by atoms with Crippen molar-refractivity contribution in [2.75, 3.05) is 7.05 Å². The maximum atomic E-state index is 12.9. The first-order valence-corrected chi connectivity index (χ1v) is 12.2. The molecule has 1 heterocycles. The minimum absolute atomic E-state index is 0.0860. The van der Waals surface area contributed by atoms with Crippen molar-refractivity contribution in [2.45, 2.75) is 104 Å². The Morgan fingerprint density at radius 2 is 1.71 bits per heavy atom. The van der Waals surface area contributed by atoms with E-state index < -0.39 is 11.6 Å².